The smallest absolute Gasteiger partial charge is 0.340 e. The number of anilines is 1. The molecule has 112 valence electrons. The molecule has 1 N–H and O–H groups in total. The van der Waals surface area contributed by atoms with Crippen LogP contribution in [0.15, 0.2) is 53.5 Å². The van der Waals surface area contributed by atoms with Gasteiger partial charge in [-0.2, -0.15) is 18.4 Å². The Balaban J connectivity index is 2.32. The van der Waals surface area contributed by atoms with Gasteiger partial charge >= 0.3 is 6.18 Å². The normalized spacial score (nSPS) is 11.9. The highest BCUT2D eigenvalue weighted by Crippen LogP contribution is 2.29. The molecule has 0 heterocycles. The van der Waals surface area contributed by atoms with Gasteiger partial charge in [-0.3, -0.25) is 4.99 Å². The summed E-state index contributed by atoms with van der Waals surface area (Å²) in [5.74, 6) is 0.293. The number of nitrogens with one attached hydrogen (secondary N) is 1. The summed E-state index contributed by atoms with van der Waals surface area (Å²) in [4.78, 5) is 3.99. The summed E-state index contributed by atoms with van der Waals surface area (Å²) in [7, 11) is 1.48. The highest BCUT2D eigenvalue weighted by atomic mass is 19.4. The van der Waals surface area contributed by atoms with E-state index in [9.17, 15) is 13.2 Å². The number of nitriles is 1. The van der Waals surface area contributed by atoms with E-state index in [0.29, 0.717) is 22.6 Å². The summed E-state index contributed by atoms with van der Waals surface area (Å²) in [6.45, 7) is 0. The van der Waals surface area contributed by atoms with Crippen molar-refractivity contribution in [3.05, 3.63) is 65.2 Å². The molecule has 0 fully saturated rings. The number of aliphatic imine (C=N–C) groups is 1. The molecule has 22 heavy (non-hydrogen) atoms. The van der Waals surface area contributed by atoms with Crippen molar-refractivity contribution in [2.45, 2.75) is 6.18 Å². The molecule has 2 rings (SSSR count). The molecule has 2 aromatic rings. The van der Waals surface area contributed by atoms with Gasteiger partial charge in [0.25, 0.3) is 0 Å². The Morgan fingerprint density at radius 3 is 2.50 bits per heavy atom. The predicted molar refractivity (Wildman–Crippen MR) is 78.7 cm³/mol. The van der Waals surface area contributed by atoms with Gasteiger partial charge in [-0.05, 0) is 30.3 Å². The van der Waals surface area contributed by atoms with E-state index in [2.05, 4.69) is 10.3 Å². The molecule has 0 saturated heterocycles. The molecule has 0 bridgehead atoms. The van der Waals surface area contributed by atoms with Crippen molar-refractivity contribution >= 4 is 11.5 Å². The van der Waals surface area contributed by atoms with Gasteiger partial charge in [-0.1, -0.05) is 18.2 Å². The summed E-state index contributed by atoms with van der Waals surface area (Å²) in [5.41, 5.74) is 0.611. The third-order valence-corrected chi connectivity index (χ3v) is 2.94. The molecule has 0 atom stereocenters. The van der Waals surface area contributed by atoms with E-state index in [1.807, 2.05) is 6.07 Å². The van der Waals surface area contributed by atoms with E-state index in [1.165, 1.54) is 13.1 Å². The van der Waals surface area contributed by atoms with E-state index in [-0.39, 0.29) is 0 Å². The van der Waals surface area contributed by atoms with Crippen LogP contribution in [0, 0.1) is 11.3 Å². The Morgan fingerprint density at radius 1 is 1.14 bits per heavy atom. The summed E-state index contributed by atoms with van der Waals surface area (Å²) in [6, 6.07) is 13.5. The van der Waals surface area contributed by atoms with Crippen LogP contribution >= 0.6 is 0 Å². The van der Waals surface area contributed by atoms with Gasteiger partial charge in [-0.25, -0.2) is 0 Å². The van der Waals surface area contributed by atoms with Crippen LogP contribution in [-0.2, 0) is 6.18 Å². The molecule has 0 saturated carbocycles. The van der Waals surface area contributed by atoms with Crippen molar-refractivity contribution in [3.63, 3.8) is 0 Å². The van der Waals surface area contributed by atoms with E-state index in [1.54, 1.807) is 30.3 Å². The molecule has 0 amide bonds. The lowest BCUT2D eigenvalue weighted by Crippen LogP contribution is -2.15. The first-order valence-corrected chi connectivity index (χ1v) is 6.35. The average molecular weight is 303 g/mol. The second-order valence-corrected chi connectivity index (χ2v) is 4.47. The molecular weight excluding hydrogens is 291 g/mol. The summed E-state index contributed by atoms with van der Waals surface area (Å²) in [6.07, 6.45) is -4.41. The lowest BCUT2D eigenvalue weighted by Gasteiger charge is -2.12. The van der Waals surface area contributed by atoms with Gasteiger partial charge in [0.1, 0.15) is 5.84 Å². The van der Waals surface area contributed by atoms with Crippen LogP contribution in [0.1, 0.15) is 16.7 Å². The van der Waals surface area contributed by atoms with Crippen molar-refractivity contribution < 1.29 is 13.2 Å². The second-order valence-electron chi connectivity index (χ2n) is 4.47. The predicted octanol–water partition coefficient (Wildman–Crippen LogP) is 4.07. The van der Waals surface area contributed by atoms with Crippen LogP contribution in [0.25, 0.3) is 0 Å². The monoisotopic (exact) mass is 303 g/mol. The first kappa shape index (κ1) is 15.6. The van der Waals surface area contributed by atoms with Crippen molar-refractivity contribution in [2.24, 2.45) is 4.99 Å². The fraction of sp³-hybridized carbons (Fsp3) is 0.125. The van der Waals surface area contributed by atoms with Crippen LogP contribution in [-0.4, -0.2) is 12.9 Å². The average Bonchev–Trinajstić information content (AvgIpc) is 2.52. The lowest BCUT2D eigenvalue weighted by atomic mass is 10.1. The molecule has 0 spiro atoms. The quantitative estimate of drug-likeness (QED) is 0.671. The zero-order chi connectivity index (χ0) is 16.2. The van der Waals surface area contributed by atoms with Crippen molar-refractivity contribution in [2.75, 3.05) is 12.4 Å². The first-order chi connectivity index (χ1) is 10.4. The maximum absolute atomic E-state index is 12.8. The molecule has 0 aliphatic carbocycles. The molecule has 0 aliphatic rings. The lowest BCUT2D eigenvalue weighted by molar-refractivity contribution is -0.137. The minimum atomic E-state index is -4.41. The zero-order valence-corrected chi connectivity index (χ0v) is 11.6. The molecule has 2 aromatic carbocycles. The van der Waals surface area contributed by atoms with Gasteiger partial charge < -0.3 is 5.32 Å². The third kappa shape index (κ3) is 3.64. The second kappa shape index (κ2) is 6.31. The van der Waals surface area contributed by atoms with E-state index in [0.717, 1.165) is 12.1 Å². The SMILES string of the molecule is CN=C(Nc1cccc(C#N)c1)c1cccc(C(F)(F)F)c1. The number of benzene rings is 2. The number of hydrogen-bond acceptors (Lipinski definition) is 2. The Labute approximate surface area is 125 Å². The summed E-state index contributed by atoms with van der Waals surface area (Å²) in [5, 5.41) is 11.8. The summed E-state index contributed by atoms with van der Waals surface area (Å²) >= 11 is 0. The highest BCUT2D eigenvalue weighted by Gasteiger charge is 2.30. The van der Waals surface area contributed by atoms with Gasteiger partial charge in [0, 0.05) is 18.3 Å². The van der Waals surface area contributed by atoms with E-state index >= 15 is 0 Å². The fourth-order valence-electron chi connectivity index (χ4n) is 1.90. The van der Waals surface area contributed by atoms with Gasteiger partial charge in [0.2, 0.25) is 0 Å². The first-order valence-electron chi connectivity index (χ1n) is 6.35. The third-order valence-electron chi connectivity index (χ3n) is 2.94. The van der Waals surface area contributed by atoms with Gasteiger partial charge in [-0.15, -0.1) is 0 Å². The largest absolute Gasteiger partial charge is 0.416 e. The number of rotatable bonds is 2. The fourth-order valence-corrected chi connectivity index (χ4v) is 1.90. The number of hydrogen-bond donors (Lipinski definition) is 1. The van der Waals surface area contributed by atoms with E-state index in [4.69, 9.17) is 5.26 Å². The van der Waals surface area contributed by atoms with Crippen LogP contribution in [0.3, 0.4) is 0 Å². The van der Waals surface area contributed by atoms with Gasteiger partial charge in [0.15, 0.2) is 0 Å². The molecule has 0 aromatic heterocycles. The highest BCUT2D eigenvalue weighted by molar-refractivity contribution is 6.08. The van der Waals surface area contributed by atoms with Crippen LogP contribution in [0.5, 0.6) is 0 Å². The topological polar surface area (TPSA) is 48.2 Å². The number of alkyl halides is 3. The molecule has 3 nitrogen and oxygen atoms in total. The summed E-state index contributed by atoms with van der Waals surface area (Å²) < 4.78 is 38.3. The molecule has 0 aliphatic heterocycles. The Bertz CT molecular complexity index is 743. The molecule has 0 unspecified atom stereocenters. The maximum Gasteiger partial charge on any atom is 0.416 e. The van der Waals surface area contributed by atoms with Crippen LogP contribution < -0.4 is 5.32 Å². The number of nitrogens with zero attached hydrogens (tertiary/aromatic N) is 2. The maximum atomic E-state index is 12.8. The minimum absolute atomic E-state index is 0.293. The zero-order valence-electron chi connectivity index (χ0n) is 11.6. The number of amidine groups is 1. The Hall–Kier alpha value is -2.81. The van der Waals surface area contributed by atoms with Crippen LogP contribution in [0.4, 0.5) is 18.9 Å². The Kier molecular flexibility index (Phi) is 4.47. The van der Waals surface area contributed by atoms with Gasteiger partial charge in [0.05, 0.1) is 17.2 Å². The van der Waals surface area contributed by atoms with Crippen molar-refractivity contribution in [1.29, 1.82) is 5.26 Å². The molecular formula is C16H12F3N3. The number of halogens is 3. The van der Waals surface area contributed by atoms with Crippen LogP contribution in [0.2, 0.25) is 0 Å². The molecule has 6 heteroatoms. The van der Waals surface area contributed by atoms with E-state index < -0.39 is 11.7 Å². The van der Waals surface area contributed by atoms with Crippen molar-refractivity contribution in [1.82, 2.24) is 0 Å². The standard InChI is InChI=1S/C16H12F3N3/c1-21-15(22-14-7-2-4-11(8-14)10-20)12-5-3-6-13(9-12)16(17,18)19/h2-9H,1H3,(H,21,22). The molecule has 0 radical (unpaired) electrons. The van der Waals surface area contributed by atoms with Crippen molar-refractivity contribution in [3.8, 4) is 6.07 Å². The minimum Gasteiger partial charge on any atom is -0.340 e. The Morgan fingerprint density at radius 2 is 1.86 bits per heavy atom.